The molecular weight excluding hydrogens is 330 g/mol. The van der Waals surface area contributed by atoms with E-state index in [-0.39, 0.29) is 11.8 Å². The van der Waals surface area contributed by atoms with E-state index in [1.165, 1.54) is 11.3 Å². The summed E-state index contributed by atoms with van der Waals surface area (Å²) >= 11 is 1.33. The number of likely N-dealkylation sites (tertiary alicyclic amines) is 1. The third-order valence-electron chi connectivity index (χ3n) is 4.40. The lowest BCUT2D eigenvalue weighted by molar-refractivity contribution is -0.142. The fraction of sp³-hybridized carbons (Fsp3) is 0.562. The van der Waals surface area contributed by atoms with Crippen molar-refractivity contribution < 1.29 is 19.1 Å². The fourth-order valence-electron chi connectivity index (χ4n) is 3.20. The summed E-state index contributed by atoms with van der Waals surface area (Å²) in [6.07, 6.45) is 1.06. The number of nitrogens with zero attached hydrogens (tertiary/aromatic N) is 1. The first kappa shape index (κ1) is 16.8. The van der Waals surface area contributed by atoms with Gasteiger partial charge in [0.15, 0.2) is 0 Å². The Hall–Kier alpha value is -2.09. The van der Waals surface area contributed by atoms with E-state index in [2.05, 4.69) is 10.6 Å². The second-order valence-electron chi connectivity index (χ2n) is 6.81. The summed E-state index contributed by atoms with van der Waals surface area (Å²) < 4.78 is 5.39. The summed E-state index contributed by atoms with van der Waals surface area (Å²) in [4.78, 5) is 38.8. The molecule has 1 atom stereocenters. The van der Waals surface area contributed by atoms with Crippen LogP contribution in [0.4, 0.5) is 4.79 Å². The molecule has 130 valence electrons. The average Bonchev–Trinajstić information content (AvgIpc) is 3.17. The van der Waals surface area contributed by atoms with Crippen molar-refractivity contribution in [1.82, 2.24) is 15.5 Å². The largest absolute Gasteiger partial charge is 0.439 e. The van der Waals surface area contributed by atoms with Crippen molar-refractivity contribution >= 4 is 29.2 Å². The number of carbonyl (C=O) groups is 3. The second kappa shape index (κ2) is 6.08. The van der Waals surface area contributed by atoms with Crippen molar-refractivity contribution in [1.29, 1.82) is 0 Å². The monoisotopic (exact) mass is 351 g/mol. The summed E-state index contributed by atoms with van der Waals surface area (Å²) in [7, 11) is 0. The Morgan fingerprint density at radius 1 is 1.46 bits per heavy atom. The molecule has 0 radical (unpaired) electrons. The van der Waals surface area contributed by atoms with Crippen molar-refractivity contribution in [3.05, 3.63) is 22.4 Å². The molecule has 0 bridgehead atoms. The number of piperidine rings is 1. The van der Waals surface area contributed by atoms with Crippen LogP contribution in [0.3, 0.4) is 0 Å². The van der Waals surface area contributed by atoms with Crippen molar-refractivity contribution in [3.63, 3.8) is 0 Å². The predicted molar refractivity (Wildman–Crippen MR) is 88.9 cm³/mol. The number of hydrogen-bond donors (Lipinski definition) is 2. The molecule has 1 aromatic heterocycles. The molecule has 2 aliphatic rings. The number of hydrogen-bond acceptors (Lipinski definition) is 5. The van der Waals surface area contributed by atoms with Gasteiger partial charge in [-0.1, -0.05) is 6.07 Å². The minimum Gasteiger partial charge on any atom is -0.439 e. The van der Waals surface area contributed by atoms with E-state index in [0.29, 0.717) is 24.5 Å². The van der Waals surface area contributed by atoms with E-state index in [4.69, 9.17) is 4.74 Å². The Labute approximate surface area is 144 Å². The molecule has 24 heavy (non-hydrogen) atoms. The van der Waals surface area contributed by atoms with Gasteiger partial charge in [-0.05, 0) is 38.1 Å². The highest BCUT2D eigenvalue weighted by Crippen LogP contribution is 2.29. The third-order valence-corrected chi connectivity index (χ3v) is 5.27. The molecule has 2 fully saturated rings. The van der Waals surface area contributed by atoms with Crippen LogP contribution in [0, 0.1) is 0 Å². The first-order chi connectivity index (χ1) is 11.3. The molecule has 1 spiro atoms. The van der Waals surface area contributed by atoms with Crippen LogP contribution < -0.4 is 10.6 Å². The number of amides is 3. The molecule has 2 N–H and O–H groups in total. The number of ether oxygens (including phenoxy) is 1. The van der Waals surface area contributed by atoms with Crippen molar-refractivity contribution in [2.24, 2.45) is 0 Å². The third kappa shape index (κ3) is 3.24. The maximum Gasteiger partial charge on any atom is 0.407 e. The zero-order valence-electron chi connectivity index (χ0n) is 13.8. The highest BCUT2D eigenvalue weighted by molar-refractivity contribution is 7.12. The molecule has 3 amide bonds. The van der Waals surface area contributed by atoms with E-state index >= 15 is 0 Å². The lowest BCUT2D eigenvalue weighted by Gasteiger charge is -2.41. The fourth-order valence-corrected chi connectivity index (χ4v) is 3.82. The van der Waals surface area contributed by atoms with Crippen molar-refractivity contribution in [2.45, 2.75) is 37.8 Å². The van der Waals surface area contributed by atoms with Gasteiger partial charge in [0.25, 0.3) is 5.91 Å². The smallest absolute Gasteiger partial charge is 0.407 e. The average molecular weight is 351 g/mol. The molecule has 0 aliphatic carbocycles. The van der Waals surface area contributed by atoms with Gasteiger partial charge < -0.3 is 20.3 Å². The zero-order valence-corrected chi connectivity index (χ0v) is 14.6. The van der Waals surface area contributed by atoms with Gasteiger partial charge in [0, 0.05) is 6.54 Å². The van der Waals surface area contributed by atoms with Gasteiger partial charge in [-0.2, -0.15) is 0 Å². The Morgan fingerprint density at radius 3 is 2.88 bits per heavy atom. The van der Waals surface area contributed by atoms with Gasteiger partial charge in [-0.15, -0.1) is 11.3 Å². The molecule has 7 nitrogen and oxygen atoms in total. The van der Waals surface area contributed by atoms with Gasteiger partial charge >= 0.3 is 6.09 Å². The van der Waals surface area contributed by atoms with E-state index in [9.17, 15) is 14.4 Å². The Balaban J connectivity index is 1.68. The topological polar surface area (TPSA) is 87.7 Å². The van der Waals surface area contributed by atoms with E-state index < -0.39 is 17.2 Å². The normalized spacial score (nSPS) is 23.8. The highest BCUT2D eigenvalue weighted by Gasteiger charge is 2.46. The molecule has 0 saturated carbocycles. The molecule has 3 heterocycles. The van der Waals surface area contributed by atoms with Crippen LogP contribution in [0.5, 0.6) is 0 Å². The number of carbonyl (C=O) groups excluding carboxylic acids is 3. The first-order valence-electron chi connectivity index (χ1n) is 7.94. The Bertz CT molecular complexity index is 658. The van der Waals surface area contributed by atoms with E-state index in [1.807, 2.05) is 5.38 Å². The molecular formula is C16H21N3O4S. The molecule has 2 saturated heterocycles. The van der Waals surface area contributed by atoms with Crippen LogP contribution in [-0.4, -0.2) is 53.6 Å². The van der Waals surface area contributed by atoms with Crippen LogP contribution in [0.25, 0.3) is 0 Å². The van der Waals surface area contributed by atoms with E-state index in [0.717, 1.165) is 12.8 Å². The standard InChI is InChI=1S/C16H21N3O4S/c1-15(2,18-12(20)11-5-3-8-24-11)13(21)19-7-4-6-16(10-19)9-17-14(22)23-16/h3,5,8H,4,6-7,9-10H2,1-2H3,(H,17,22)(H,18,20). The maximum absolute atomic E-state index is 12.9. The second-order valence-corrected chi connectivity index (χ2v) is 7.76. The molecule has 1 unspecified atom stereocenters. The first-order valence-corrected chi connectivity index (χ1v) is 8.82. The van der Waals surface area contributed by atoms with Crippen molar-refractivity contribution in [2.75, 3.05) is 19.6 Å². The summed E-state index contributed by atoms with van der Waals surface area (Å²) in [5.74, 6) is -0.432. The molecule has 3 rings (SSSR count). The number of rotatable bonds is 3. The molecule has 8 heteroatoms. The van der Waals surface area contributed by atoms with Gasteiger partial charge in [0.05, 0.1) is 18.0 Å². The molecule has 2 aliphatic heterocycles. The van der Waals surface area contributed by atoms with Crippen LogP contribution in [0.2, 0.25) is 0 Å². The van der Waals surface area contributed by atoms with Gasteiger partial charge in [0.1, 0.15) is 11.1 Å². The SMILES string of the molecule is CC(C)(NC(=O)c1cccs1)C(=O)N1CCCC2(CNC(=O)O2)C1. The highest BCUT2D eigenvalue weighted by atomic mass is 32.1. The zero-order chi connectivity index (χ0) is 17.4. The number of thiophene rings is 1. The summed E-state index contributed by atoms with van der Waals surface area (Å²) in [6, 6.07) is 3.52. The Morgan fingerprint density at radius 2 is 2.25 bits per heavy atom. The maximum atomic E-state index is 12.9. The minimum atomic E-state index is -1.03. The number of nitrogens with one attached hydrogen (secondary N) is 2. The van der Waals surface area contributed by atoms with Gasteiger partial charge in [0.2, 0.25) is 5.91 Å². The minimum absolute atomic E-state index is 0.172. The lowest BCUT2D eigenvalue weighted by atomic mass is 9.91. The van der Waals surface area contributed by atoms with Crippen LogP contribution >= 0.6 is 11.3 Å². The number of alkyl carbamates (subject to hydrolysis) is 1. The van der Waals surface area contributed by atoms with Crippen LogP contribution in [0.1, 0.15) is 36.4 Å². The quantitative estimate of drug-likeness (QED) is 0.861. The molecule has 0 aromatic carbocycles. The summed E-state index contributed by atoms with van der Waals surface area (Å²) in [6.45, 7) is 4.75. The predicted octanol–water partition coefficient (Wildman–Crippen LogP) is 1.36. The summed E-state index contributed by atoms with van der Waals surface area (Å²) in [5, 5.41) is 7.28. The Kier molecular flexibility index (Phi) is 4.25. The molecule has 1 aromatic rings. The lowest BCUT2D eigenvalue weighted by Crippen LogP contribution is -2.61. The summed E-state index contributed by atoms with van der Waals surface area (Å²) in [5.41, 5.74) is -1.67. The van der Waals surface area contributed by atoms with Crippen LogP contribution in [0.15, 0.2) is 17.5 Å². The van der Waals surface area contributed by atoms with Gasteiger partial charge in [-0.25, -0.2) is 4.79 Å². The van der Waals surface area contributed by atoms with Crippen molar-refractivity contribution in [3.8, 4) is 0 Å². The van der Waals surface area contributed by atoms with Gasteiger partial charge in [-0.3, -0.25) is 9.59 Å². The van der Waals surface area contributed by atoms with Crippen LogP contribution in [-0.2, 0) is 9.53 Å². The van der Waals surface area contributed by atoms with E-state index in [1.54, 1.807) is 30.9 Å².